The summed E-state index contributed by atoms with van der Waals surface area (Å²) in [6, 6.07) is 21.2. The molecule has 0 aliphatic rings. The minimum absolute atomic E-state index is 0.149. The Morgan fingerprint density at radius 1 is 0.921 bits per heavy atom. The normalized spacial score (nSPS) is 11.0. The molecule has 12 heteroatoms. The predicted molar refractivity (Wildman–Crippen MR) is 162 cm³/mol. The lowest BCUT2D eigenvalue weighted by Gasteiger charge is -2.07. The number of benzene rings is 3. The topological polar surface area (TPSA) is 96.9 Å². The van der Waals surface area contributed by atoms with Crippen LogP contribution in [0.25, 0.3) is 10.2 Å². The van der Waals surface area contributed by atoms with Gasteiger partial charge in [-0.05, 0) is 54.4 Å². The number of aromatic nitrogens is 3. The van der Waals surface area contributed by atoms with Crippen molar-refractivity contribution in [2.24, 2.45) is 0 Å². The Balaban J connectivity index is 1.13. The van der Waals surface area contributed by atoms with E-state index in [1.54, 1.807) is 17.8 Å². The van der Waals surface area contributed by atoms with Gasteiger partial charge in [0.2, 0.25) is 11.0 Å². The van der Waals surface area contributed by atoms with Crippen molar-refractivity contribution < 1.29 is 9.59 Å². The van der Waals surface area contributed by atoms with Gasteiger partial charge >= 0.3 is 0 Å². The molecule has 5 rings (SSSR count). The van der Waals surface area contributed by atoms with E-state index in [4.69, 9.17) is 0 Å². The Bertz CT molecular complexity index is 1620. The van der Waals surface area contributed by atoms with E-state index in [1.807, 2.05) is 55.5 Å². The highest BCUT2D eigenvalue weighted by atomic mass is 79.9. The zero-order chi connectivity index (χ0) is 26.5. The van der Waals surface area contributed by atoms with Gasteiger partial charge in [0, 0.05) is 21.5 Å². The summed E-state index contributed by atoms with van der Waals surface area (Å²) in [5, 5.41) is 14.5. The minimum atomic E-state index is -0.167. The van der Waals surface area contributed by atoms with Crippen LogP contribution in [0.2, 0.25) is 0 Å². The smallest absolute Gasteiger partial charge is 0.255 e. The summed E-state index contributed by atoms with van der Waals surface area (Å²) >= 11 is 9.26. The van der Waals surface area contributed by atoms with Gasteiger partial charge in [0.05, 0.1) is 16.0 Å². The van der Waals surface area contributed by atoms with Crippen molar-refractivity contribution in [3.05, 3.63) is 87.9 Å². The van der Waals surface area contributed by atoms with Gasteiger partial charge in [-0.2, -0.15) is 0 Å². The molecular weight excluding hydrogens is 622 g/mol. The van der Waals surface area contributed by atoms with E-state index in [-0.39, 0.29) is 17.6 Å². The molecule has 5 aromatic rings. The quantitative estimate of drug-likeness (QED) is 0.127. The summed E-state index contributed by atoms with van der Waals surface area (Å²) in [5.74, 6) is 0.661. The standard InChI is InChI=1S/C26H20BrN5O2S4/c1-15-5-2-3-8-19(15)23(34)28-18-9-10-20-21(12-18)37-25(29-20)36-14-22(33)30-24-31-32-26(38-24)35-13-16-6-4-7-17(27)11-16/h2-12H,13-14H2,1H3,(H,28,34)(H,30,31,33). The van der Waals surface area contributed by atoms with Gasteiger partial charge in [-0.1, -0.05) is 81.1 Å². The van der Waals surface area contributed by atoms with Crippen molar-refractivity contribution in [3.63, 3.8) is 0 Å². The van der Waals surface area contributed by atoms with Gasteiger partial charge in [-0.25, -0.2) is 4.98 Å². The second kappa shape index (κ2) is 12.4. The van der Waals surface area contributed by atoms with Crippen molar-refractivity contribution in [2.45, 2.75) is 21.4 Å². The van der Waals surface area contributed by atoms with Gasteiger partial charge in [-0.15, -0.1) is 21.5 Å². The molecule has 0 saturated carbocycles. The van der Waals surface area contributed by atoms with E-state index >= 15 is 0 Å². The summed E-state index contributed by atoms with van der Waals surface area (Å²) in [6.45, 7) is 1.91. The fourth-order valence-corrected chi connectivity index (χ4v) is 7.51. The molecule has 0 radical (unpaired) electrons. The molecular formula is C26H20BrN5O2S4. The van der Waals surface area contributed by atoms with Crippen LogP contribution in [0.5, 0.6) is 0 Å². The molecule has 2 N–H and O–H groups in total. The summed E-state index contributed by atoms with van der Waals surface area (Å²) in [5.41, 5.74) is 4.27. The Morgan fingerprint density at radius 2 is 1.79 bits per heavy atom. The predicted octanol–water partition coefficient (Wildman–Crippen LogP) is 7.49. The first-order chi connectivity index (χ1) is 18.4. The fraction of sp³-hybridized carbons (Fsp3) is 0.115. The number of aryl methyl sites for hydroxylation is 1. The lowest BCUT2D eigenvalue weighted by atomic mass is 10.1. The Hall–Kier alpha value is -2.77. The van der Waals surface area contributed by atoms with Crippen LogP contribution in [0.15, 0.2) is 79.9 Å². The van der Waals surface area contributed by atoms with Gasteiger partial charge < -0.3 is 5.32 Å². The average molecular weight is 643 g/mol. The van der Waals surface area contributed by atoms with Crippen LogP contribution in [0, 0.1) is 6.92 Å². The third-order valence-electron chi connectivity index (χ3n) is 5.25. The SMILES string of the molecule is Cc1ccccc1C(=O)Nc1ccc2nc(SCC(=O)Nc3nnc(SCc4cccc(Br)c4)s3)sc2c1. The number of hydrogen-bond acceptors (Lipinski definition) is 9. The third-order valence-corrected chi connectivity index (χ3v) is 9.94. The number of nitrogens with one attached hydrogen (secondary N) is 2. The second-order valence-electron chi connectivity index (χ2n) is 8.06. The van der Waals surface area contributed by atoms with E-state index in [9.17, 15) is 9.59 Å². The van der Waals surface area contributed by atoms with Crippen molar-refractivity contribution in [1.82, 2.24) is 15.2 Å². The molecule has 2 amide bonds. The van der Waals surface area contributed by atoms with Crippen LogP contribution in [-0.4, -0.2) is 32.7 Å². The van der Waals surface area contributed by atoms with Crippen LogP contribution in [0.3, 0.4) is 0 Å². The van der Waals surface area contributed by atoms with Gasteiger partial charge in [-0.3, -0.25) is 14.9 Å². The number of carbonyl (C=O) groups is 2. The first-order valence-corrected chi connectivity index (χ1v) is 15.7. The fourth-order valence-electron chi connectivity index (χ4n) is 3.44. The minimum Gasteiger partial charge on any atom is -0.322 e. The number of thioether (sulfide) groups is 2. The van der Waals surface area contributed by atoms with Crippen molar-refractivity contribution in [3.8, 4) is 0 Å². The van der Waals surface area contributed by atoms with E-state index < -0.39 is 0 Å². The molecule has 0 saturated heterocycles. The van der Waals surface area contributed by atoms with Gasteiger partial charge in [0.15, 0.2) is 8.68 Å². The maximum Gasteiger partial charge on any atom is 0.255 e. The maximum absolute atomic E-state index is 12.6. The van der Waals surface area contributed by atoms with E-state index in [0.717, 1.165) is 34.7 Å². The number of rotatable bonds is 9. The molecule has 0 aliphatic carbocycles. The Labute approximate surface area is 244 Å². The van der Waals surface area contributed by atoms with Crippen molar-refractivity contribution in [2.75, 3.05) is 16.4 Å². The molecule has 3 aromatic carbocycles. The summed E-state index contributed by atoms with van der Waals surface area (Å²) in [7, 11) is 0. The lowest BCUT2D eigenvalue weighted by molar-refractivity contribution is -0.113. The number of thiazole rings is 1. The Morgan fingerprint density at radius 3 is 2.63 bits per heavy atom. The van der Waals surface area contributed by atoms with E-state index in [2.05, 4.69) is 53.9 Å². The van der Waals surface area contributed by atoms with Crippen LogP contribution in [0.1, 0.15) is 21.5 Å². The first-order valence-electron chi connectivity index (χ1n) is 11.3. The second-order valence-corrected chi connectivity index (χ2v) is 13.4. The zero-order valence-corrected chi connectivity index (χ0v) is 24.8. The highest BCUT2D eigenvalue weighted by Crippen LogP contribution is 2.32. The molecule has 0 atom stereocenters. The number of halogens is 1. The molecule has 0 unspecified atom stereocenters. The molecule has 0 spiro atoms. The molecule has 0 fully saturated rings. The number of nitrogens with zero attached hydrogens (tertiary/aromatic N) is 3. The number of carbonyl (C=O) groups excluding carboxylic acids is 2. The molecule has 0 bridgehead atoms. The highest BCUT2D eigenvalue weighted by molar-refractivity contribution is 9.10. The number of fused-ring (bicyclic) bond motifs is 1. The monoisotopic (exact) mass is 641 g/mol. The lowest BCUT2D eigenvalue weighted by Crippen LogP contribution is -2.13. The molecule has 2 heterocycles. The first kappa shape index (κ1) is 26.8. The molecule has 7 nitrogen and oxygen atoms in total. The zero-order valence-electron chi connectivity index (χ0n) is 19.9. The molecule has 38 heavy (non-hydrogen) atoms. The summed E-state index contributed by atoms with van der Waals surface area (Å²) in [6.07, 6.45) is 0. The van der Waals surface area contributed by atoms with E-state index in [0.29, 0.717) is 16.4 Å². The van der Waals surface area contributed by atoms with Crippen LogP contribution >= 0.6 is 62.1 Å². The van der Waals surface area contributed by atoms with Gasteiger partial charge in [0.1, 0.15) is 0 Å². The van der Waals surface area contributed by atoms with Crippen LogP contribution in [0.4, 0.5) is 10.8 Å². The third kappa shape index (κ3) is 7.00. The Kier molecular flexibility index (Phi) is 8.75. The number of amides is 2. The van der Waals surface area contributed by atoms with Crippen molar-refractivity contribution >= 4 is 95.0 Å². The summed E-state index contributed by atoms with van der Waals surface area (Å²) in [4.78, 5) is 29.7. The van der Waals surface area contributed by atoms with Crippen LogP contribution in [-0.2, 0) is 10.5 Å². The average Bonchev–Trinajstić information content (AvgIpc) is 3.52. The molecule has 192 valence electrons. The van der Waals surface area contributed by atoms with Crippen molar-refractivity contribution in [1.29, 1.82) is 0 Å². The summed E-state index contributed by atoms with van der Waals surface area (Å²) < 4.78 is 3.55. The number of anilines is 2. The van der Waals surface area contributed by atoms with Gasteiger partial charge in [0.25, 0.3) is 5.91 Å². The molecule has 0 aliphatic heterocycles. The highest BCUT2D eigenvalue weighted by Gasteiger charge is 2.13. The maximum atomic E-state index is 12.6. The number of hydrogen-bond donors (Lipinski definition) is 2. The molecule has 2 aromatic heterocycles. The van der Waals surface area contributed by atoms with E-state index in [1.165, 1.54) is 40.0 Å². The largest absolute Gasteiger partial charge is 0.322 e. The van der Waals surface area contributed by atoms with Crippen LogP contribution < -0.4 is 10.6 Å².